The number of morpholine rings is 1. The van der Waals surface area contributed by atoms with Gasteiger partial charge < -0.3 is 19.7 Å². The molecule has 3 rings (SSSR count). The molecule has 1 N–H and O–H groups in total. The van der Waals surface area contributed by atoms with Crippen LogP contribution in [-0.4, -0.2) is 74.8 Å². The quantitative estimate of drug-likeness (QED) is 0.343. The standard InChI is InChI=1S/C22H36N4O2.HI/c1-3-23-22(26-10-6-7-19(2)18-26)24-17-20-8-4-5-9-21(20)28-16-13-25-11-14-27-15-12-25;/h4-5,8-9,19H,3,6-7,10-18H2,1-2H3,(H,23,24);1H. The molecule has 0 bridgehead atoms. The molecule has 1 unspecified atom stereocenters. The molecular weight excluding hydrogens is 479 g/mol. The second-order valence-corrected chi connectivity index (χ2v) is 7.77. The van der Waals surface area contributed by atoms with Gasteiger partial charge in [-0.2, -0.15) is 0 Å². The van der Waals surface area contributed by atoms with E-state index >= 15 is 0 Å². The summed E-state index contributed by atoms with van der Waals surface area (Å²) in [4.78, 5) is 9.72. The minimum atomic E-state index is 0. The van der Waals surface area contributed by atoms with Gasteiger partial charge >= 0.3 is 0 Å². The number of rotatable bonds is 7. The van der Waals surface area contributed by atoms with Crippen molar-refractivity contribution < 1.29 is 9.47 Å². The third-order valence-corrected chi connectivity index (χ3v) is 5.43. The van der Waals surface area contributed by atoms with Crippen LogP contribution in [0.15, 0.2) is 29.3 Å². The van der Waals surface area contributed by atoms with Crippen molar-refractivity contribution in [2.24, 2.45) is 10.9 Å². The molecule has 1 aromatic carbocycles. The van der Waals surface area contributed by atoms with E-state index in [-0.39, 0.29) is 24.0 Å². The second kappa shape index (κ2) is 13.3. The Kier molecular flexibility index (Phi) is 11.1. The lowest BCUT2D eigenvalue weighted by molar-refractivity contribution is 0.0322. The van der Waals surface area contributed by atoms with E-state index in [1.165, 1.54) is 12.8 Å². The minimum absolute atomic E-state index is 0. The molecule has 2 aliphatic heterocycles. The molecule has 2 heterocycles. The Morgan fingerprint density at radius 2 is 2.03 bits per heavy atom. The number of likely N-dealkylation sites (tertiary alicyclic amines) is 1. The van der Waals surface area contributed by atoms with Gasteiger partial charge in [0.25, 0.3) is 0 Å². The van der Waals surface area contributed by atoms with Crippen LogP contribution in [0.5, 0.6) is 5.75 Å². The van der Waals surface area contributed by atoms with E-state index in [0.717, 1.165) is 75.7 Å². The summed E-state index contributed by atoms with van der Waals surface area (Å²) >= 11 is 0. The zero-order valence-corrected chi connectivity index (χ0v) is 20.3. The highest BCUT2D eigenvalue weighted by molar-refractivity contribution is 14.0. The first-order chi connectivity index (χ1) is 13.8. The van der Waals surface area contributed by atoms with Crippen LogP contribution in [0.2, 0.25) is 0 Å². The maximum atomic E-state index is 6.11. The predicted molar refractivity (Wildman–Crippen MR) is 129 cm³/mol. The number of halogens is 1. The molecule has 29 heavy (non-hydrogen) atoms. The van der Waals surface area contributed by atoms with Crippen molar-refractivity contribution in [3.63, 3.8) is 0 Å². The van der Waals surface area contributed by atoms with Gasteiger partial charge in [-0.25, -0.2) is 4.99 Å². The molecule has 0 saturated carbocycles. The van der Waals surface area contributed by atoms with Crippen molar-refractivity contribution in [1.29, 1.82) is 0 Å². The SMILES string of the molecule is CCNC(=NCc1ccccc1OCCN1CCOCC1)N1CCCC(C)C1.I. The maximum Gasteiger partial charge on any atom is 0.194 e. The fourth-order valence-electron chi connectivity index (χ4n) is 3.85. The highest BCUT2D eigenvalue weighted by atomic mass is 127. The number of nitrogens with one attached hydrogen (secondary N) is 1. The van der Waals surface area contributed by atoms with Crippen molar-refractivity contribution in [1.82, 2.24) is 15.1 Å². The monoisotopic (exact) mass is 516 g/mol. The average molecular weight is 516 g/mol. The van der Waals surface area contributed by atoms with E-state index in [4.69, 9.17) is 14.5 Å². The van der Waals surface area contributed by atoms with Gasteiger partial charge in [0, 0.05) is 44.8 Å². The molecule has 2 saturated heterocycles. The van der Waals surface area contributed by atoms with Crippen LogP contribution in [0, 0.1) is 5.92 Å². The Morgan fingerprint density at radius 1 is 1.24 bits per heavy atom. The molecule has 1 aromatic rings. The highest BCUT2D eigenvalue weighted by Gasteiger charge is 2.19. The minimum Gasteiger partial charge on any atom is -0.492 e. The van der Waals surface area contributed by atoms with Crippen LogP contribution >= 0.6 is 24.0 Å². The molecule has 7 heteroatoms. The molecule has 2 aliphatic rings. The van der Waals surface area contributed by atoms with Gasteiger partial charge in [-0.05, 0) is 31.7 Å². The highest BCUT2D eigenvalue weighted by Crippen LogP contribution is 2.20. The van der Waals surface area contributed by atoms with Crippen LogP contribution < -0.4 is 10.1 Å². The number of nitrogens with zero attached hydrogens (tertiary/aromatic N) is 3. The molecule has 2 fully saturated rings. The molecule has 0 aromatic heterocycles. The zero-order chi connectivity index (χ0) is 19.6. The summed E-state index contributed by atoms with van der Waals surface area (Å²) in [6, 6.07) is 8.28. The smallest absolute Gasteiger partial charge is 0.194 e. The van der Waals surface area contributed by atoms with Gasteiger partial charge in [0.2, 0.25) is 0 Å². The number of ether oxygens (including phenoxy) is 2. The maximum absolute atomic E-state index is 6.11. The van der Waals surface area contributed by atoms with Crippen LogP contribution in [0.4, 0.5) is 0 Å². The largest absolute Gasteiger partial charge is 0.492 e. The number of guanidine groups is 1. The first kappa shape index (κ1) is 24.2. The Hall–Kier alpha value is -1.06. The van der Waals surface area contributed by atoms with Crippen molar-refractivity contribution >= 4 is 29.9 Å². The van der Waals surface area contributed by atoms with Crippen molar-refractivity contribution in [3.05, 3.63) is 29.8 Å². The number of benzene rings is 1. The zero-order valence-electron chi connectivity index (χ0n) is 17.9. The molecule has 1 atom stereocenters. The van der Waals surface area contributed by atoms with Gasteiger partial charge in [0.15, 0.2) is 5.96 Å². The van der Waals surface area contributed by atoms with Gasteiger partial charge in [-0.1, -0.05) is 25.1 Å². The molecule has 0 radical (unpaired) electrons. The Labute approximate surface area is 193 Å². The van der Waals surface area contributed by atoms with E-state index < -0.39 is 0 Å². The van der Waals surface area contributed by atoms with E-state index in [0.29, 0.717) is 13.2 Å². The number of piperidine rings is 1. The number of para-hydroxylation sites is 1. The Morgan fingerprint density at radius 3 is 2.79 bits per heavy atom. The van der Waals surface area contributed by atoms with Gasteiger partial charge in [0.05, 0.1) is 19.8 Å². The van der Waals surface area contributed by atoms with Crippen LogP contribution in [0.3, 0.4) is 0 Å². The third kappa shape index (κ3) is 7.94. The first-order valence-electron chi connectivity index (χ1n) is 10.8. The lowest BCUT2D eigenvalue weighted by atomic mass is 10.0. The molecule has 0 amide bonds. The number of hydrogen-bond donors (Lipinski definition) is 1. The summed E-state index contributed by atoms with van der Waals surface area (Å²) in [6.07, 6.45) is 2.56. The molecule has 0 spiro atoms. The Bertz CT molecular complexity index is 623. The molecular formula is C22H37IN4O2. The summed E-state index contributed by atoms with van der Waals surface area (Å²) in [5.41, 5.74) is 1.14. The number of hydrogen-bond acceptors (Lipinski definition) is 4. The van der Waals surface area contributed by atoms with Crippen LogP contribution in [-0.2, 0) is 11.3 Å². The lowest BCUT2D eigenvalue weighted by Gasteiger charge is -2.33. The second-order valence-electron chi connectivity index (χ2n) is 7.77. The van der Waals surface area contributed by atoms with E-state index in [1.807, 2.05) is 6.07 Å². The van der Waals surface area contributed by atoms with Crippen LogP contribution in [0.25, 0.3) is 0 Å². The predicted octanol–water partition coefficient (Wildman–Crippen LogP) is 3.21. The topological polar surface area (TPSA) is 49.3 Å². The lowest BCUT2D eigenvalue weighted by Crippen LogP contribution is -2.46. The molecule has 6 nitrogen and oxygen atoms in total. The van der Waals surface area contributed by atoms with E-state index in [2.05, 4.69) is 47.2 Å². The third-order valence-electron chi connectivity index (χ3n) is 5.43. The summed E-state index contributed by atoms with van der Waals surface area (Å²) in [5.74, 6) is 2.70. The van der Waals surface area contributed by atoms with E-state index in [1.54, 1.807) is 0 Å². The fraction of sp³-hybridized carbons (Fsp3) is 0.682. The first-order valence-corrected chi connectivity index (χ1v) is 10.8. The van der Waals surface area contributed by atoms with Crippen LogP contribution in [0.1, 0.15) is 32.3 Å². The van der Waals surface area contributed by atoms with Crippen molar-refractivity contribution in [2.45, 2.75) is 33.2 Å². The Balaban J connectivity index is 0.00000300. The summed E-state index contributed by atoms with van der Waals surface area (Å²) in [7, 11) is 0. The average Bonchev–Trinajstić information content (AvgIpc) is 2.73. The molecule has 164 valence electrons. The van der Waals surface area contributed by atoms with Gasteiger partial charge in [-0.3, -0.25) is 4.90 Å². The van der Waals surface area contributed by atoms with Gasteiger partial charge in [-0.15, -0.1) is 24.0 Å². The van der Waals surface area contributed by atoms with Crippen molar-refractivity contribution in [3.8, 4) is 5.75 Å². The normalized spacial score (nSPS) is 20.8. The fourth-order valence-corrected chi connectivity index (χ4v) is 3.85. The number of aliphatic imine (C=N–C) groups is 1. The van der Waals surface area contributed by atoms with Crippen molar-refractivity contribution in [2.75, 3.05) is 59.1 Å². The van der Waals surface area contributed by atoms with Gasteiger partial charge in [0.1, 0.15) is 12.4 Å². The molecule has 0 aliphatic carbocycles. The summed E-state index contributed by atoms with van der Waals surface area (Å²) < 4.78 is 11.5. The summed E-state index contributed by atoms with van der Waals surface area (Å²) in [6.45, 7) is 13.4. The van der Waals surface area contributed by atoms with E-state index in [9.17, 15) is 0 Å². The summed E-state index contributed by atoms with van der Waals surface area (Å²) in [5, 5.41) is 3.47.